The summed E-state index contributed by atoms with van der Waals surface area (Å²) in [6.45, 7) is 11.5. The molecule has 1 spiro atoms. The number of nitrogens with one attached hydrogen (secondary N) is 1. The maximum atomic E-state index is 11.2. The monoisotopic (exact) mass is 415 g/mol. The summed E-state index contributed by atoms with van der Waals surface area (Å²) in [7, 11) is 0. The van der Waals surface area contributed by atoms with Gasteiger partial charge in [0.1, 0.15) is 0 Å². The molecule has 0 radical (unpaired) electrons. The van der Waals surface area contributed by atoms with E-state index in [-0.39, 0.29) is 5.91 Å². The molecule has 4 rings (SSSR count). The highest BCUT2D eigenvalue weighted by Crippen LogP contribution is 2.42. The second kappa shape index (κ2) is 8.28. The van der Waals surface area contributed by atoms with Gasteiger partial charge in [0.2, 0.25) is 11.8 Å². The number of hydrogen-bond donors (Lipinski definition) is 1. The van der Waals surface area contributed by atoms with Crippen LogP contribution in [0.2, 0.25) is 0 Å². The number of thiazole rings is 1. The third kappa shape index (κ3) is 4.70. The zero-order valence-corrected chi connectivity index (χ0v) is 18.2. The van der Waals surface area contributed by atoms with Crippen LogP contribution in [0.1, 0.15) is 37.3 Å². The van der Waals surface area contributed by atoms with Crippen LogP contribution in [0.4, 0.5) is 10.8 Å². The fraction of sp³-hybridized carbons (Fsp3) is 0.571. The van der Waals surface area contributed by atoms with Crippen molar-refractivity contribution in [1.29, 1.82) is 0 Å². The molecule has 1 amide bonds. The summed E-state index contributed by atoms with van der Waals surface area (Å²) in [5.41, 5.74) is 2.58. The van der Waals surface area contributed by atoms with Crippen LogP contribution < -0.4 is 15.0 Å². The van der Waals surface area contributed by atoms with Crippen LogP contribution in [-0.4, -0.2) is 53.6 Å². The first-order valence-corrected chi connectivity index (χ1v) is 11.1. The standard InChI is InChI=1S/C21H29N5O2S/c1-4-28-19-10-17(9-15(2)23-19)26-8-6-21(14-26)5-7-25(13-21)12-18-11-22-20(29-18)24-16(3)27/h9-11H,4-8,12-14H2,1-3H3,(H,22,24,27). The number of aryl methyl sites for hydroxylation is 1. The maximum absolute atomic E-state index is 11.2. The van der Waals surface area contributed by atoms with Crippen LogP contribution >= 0.6 is 11.3 Å². The van der Waals surface area contributed by atoms with Crippen molar-refractivity contribution in [3.63, 3.8) is 0 Å². The average Bonchev–Trinajstić information content (AvgIpc) is 3.37. The Kier molecular flexibility index (Phi) is 5.74. The molecule has 2 aromatic rings. The summed E-state index contributed by atoms with van der Waals surface area (Å²) in [5.74, 6) is 0.646. The number of ether oxygens (including phenoxy) is 1. The summed E-state index contributed by atoms with van der Waals surface area (Å²) in [4.78, 5) is 26.2. The molecule has 0 aromatic carbocycles. The summed E-state index contributed by atoms with van der Waals surface area (Å²) < 4.78 is 5.64. The van der Waals surface area contributed by atoms with Gasteiger partial charge in [-0.2, -0.15) is 0 Å². The topological polar surface area (TPSA) is 70.6 Å². The SMILES string of the molecule is CCOc1cc(N2CCC3(CCN(Cc4cnc(NC(C)=O)s4)C3)C2)cc(C)n1. The molecular formula is C21H29N5O2S. The molecule has 156 valence electrons. The van der Waals surface area contributed by atoms with Crippen molar-refractivity contribution < 1.29 is 9.53 Å². The maximum Gasteiger partial charge on any atom is 0.223 e. The van der Waals surface area contributed by atoms with Gasteiger partial charge in [-0.05, 0) is 39.3 Å². The molecule has 8 heteroatoms. The number of anilines is 2. The van der Waals surface area contributed by atoms with Crippen molar-refractivity contribution in [2.45, 2.75) is 40.2 Å². The van der Waals surface area contributed by atoms with Gasteiger partial charge in [-0.15, -0.1) is 11.3 Å². The van der Waals surface area contributed by atoms with E-state index in [0.717, 1.165) is 44.3 Å². The molecule has 2 aliphatic heterocycles. The predicted octanol–water partition coefficient (Wildman–Crippen LogP) is 3.31. The fourth-order valence-corrected chi connectivity index (χ4v) is 5.39. The lowest BCUT2D eigenvalue weighted by atomic mass is 9.86. The summed E-state index contributed by atoms with van der Waals surface area (Å²) in [5, 5.41) is 3.46. The Morgan fingerprint density at radius 2 is 2.14 bits per heavy atom. The molecule has 1 atom stereocenters. The van der Waals surface area contributed by atoms with Gasteiger partial charge in [0, 0.05) is 67.0 Å². The molecule has 2 aliphatic rings. The first kappa shape index (κ1) is 20.1. The number of likely N-dealkylation sites (tertiary alicyclic amines) is 1. The Balaban J connectivity index is 1.38. The number of pyridine rings is 1. The van der Waals surface area contributed by atoms with E-state index in [9.17, 15) is 4.79 Å². The van der Waals surface area contributed by atoms with E-state index in [2.05, 4.69) is 37.2 Å². The Morgan fingerprint density at radius 1 is 1.31 bits per heavy atom. The quantitative estimate of drug-likeness (QED) is 0.781. The first-order chi connectivity index (χ1) is 13.9. The molecule has 4 heterocycles. The number of carbonyl (C=O) groups excluding carboxylic acids is 1. The fourth-order valence-electron chi connectivity index (χ4n) is 4.49. The summed E-state index contributed by atoms with van der Waals surface area (Å²) >= 11 is 1.57. The highest BCUT2D eigenvalue weighted by molar-refractivity contribution is 7.15. The van der Waals surface area contributed by atoms with E-state index in [1.807, 2.05) is 20.0 Å². The third-order valence-electron chi connectivity index (χ3n) is 5.74. The minimum atomic E-state index is -0.0732. The van der Waals surface area contributed by atoms with Crippen molar-refractivity contribution in [2.24, 2.45) is 5.41 Å². The lowest BCUT2D eigenvalue weighted by molar-refractivity contribution is -0.114. The number of amides is 1. The number of aromatic nitrogens is 2. The number of carbonyl (C=O) groups is 1. The average molecular weight is 416 g/mol. The van der Waals surface area contributed by atoms with Crippen LogP contribution in [0.15, 0.2) is 18.3 Å². The predicted molar refractivity (Wildman–Crippen MR) is 116 cm³/mol. The van der Waals surface area contributed by atoms with Crippen molar-refractivity contribution >= 4 is 28.1 Å². The molecule has 29 heavy (non-hydrogen) atoms. The molecule has 2 fully saturated rings. The second-order valence-electron chi connectivity index (χ2n) is 8.18. The largest absolute Gasteiger partial charge is 0.478 e. The number of rotatable bonds is 6. The second-order valence-corrected chi connectivity index (χ2v) is 9.30. The van der Waals surface area contributed by atoms with Gasteiger partial charge in [-0.3, -0.25) is 9.69 Å². The van der Waals surface area contributed by atoms with Gasteiger partial charge >= 0.3 is 0 Å². The molecular weight excluding hydrogens is 386 g/mol. The third-order valence-corrected chi connectivity index (χ3v) is 6.64. The zero-order chi connectivity index (χ0) is 20.4. The molecule has 2 saturated heterocycles. The van der Waals surface area contributed by atoms with E-state index in [0.29, 0.717) is 17.2 Å². The van der Waals surface area contributed by atoms with Crippen molar-refractivity contribution in [3.05, 3.63) is 28.9 Å². The molecule has 0 aliphatic carbocycles. The minimum absolute atomic E-state index is 0.0732. The van der Waals surface area contributed by atoms with Gasteiger partial charge in [-0.1, -0.05) is 0 Å². The number of nitrogens with zero attached hydrogens (tertiary/aromatic N) is 4. The van der Waals surface area contributed by atoms with Gasteiger partial charge in [-0.25, -0.2) is 9.97 Å². The Morgan fingerprint density at radius 3 is 2.93 bits per heavy atom. The van der Waals surface area contributed by atoms with Gasteiger partial charge < -0.3 is 15.0 Å². The Hall–Kier alpha value is -2.19. The van der Waals surface area contributed by atoms with Crippen LogP contribution in [0.3, 0.4) is 0 Å². The van der Waals surface area contributed by atoms with Crippen LogP contribution in [0, 0.1) is 12.3 Å². The lowest BCUT2D eigenvalue weighted by Crippen LogP contribution is -2.30. The molecule has 1 unspecified atom stereocenters. The van der Waals surface area contributed by atoms with E-state index in [1.165, 1.54) is 30.3 Å². The smallest absolute Gasteiger partial charge is 0.223 e. The van der Waals surface area contributed by atoms with E-state index in [1.54, 1.807) is 11.3 Å². The zero-order valence-electron chi connectivity index (χ0n) is 17.4. The van der Waals surface area contributed by atoms with Gasteiger partial charge in [0.15, 0.2) is 5.13 Å². The van der Waals surface area contributed by atoms with Crippen molar-refractivity contribution in [1.82, 2.24) is 14.9 Å². The van der Waals surface area contributed by atoms with Gasteiger partial charge in [0.25, 0.3) is 0 Å². The molecule has 0 bridgehead atoms. The van der Waals surface area contributed by atoms with E-state index in [4.69, 9.17) is 4.74 Å². The van der Waals surface area contributed by atoms with E-state index < -0.39 is 0 Å². The molecule has 1 N–H and O–H groups in total. The van der Waals surface area contributed by atoms with Crippen molar-refractivity contribution in [2.75, 3.05) is 43.0 Å². The lowest BCUT2D eigenvalue weighted by Gasteiger charge is -2.26. The first-order valence-electron chi connectivity index (χ1n) is 10.3. The molecule has 7 nitrogen and oxygen atoms in total. The molecule has 2 aromatic heterocycles. The van der Waals surface area contributed by atoms with Crippen LogP contribution in [0.25, 0.3) is 0 Å². The summed E-state index contributed by atoms with van der Waals surface area (Å²) in [6.07, 6.45) is 4.33. The van der Waals surface area contributed by atoms with E-state index >= 15 is 0 Å². The Bertz CT molecular complexity index is 886. The Labute approximate surface area is 176 Å². The van der Waals surface area contributed by atoms with Crippen LogP contribution in [0.5, 0.6) is 5.88 Å². The highest BCUT2D eigenvalue weighted by atomic mass is 32.1. The molecule has 0 saturated carbocycles. The number of hydrogen-bond acceptors (Lipinski definition) is 7. The highest BCUT2D eigenvalue weighted by Gasteiger charge is 2.43. The minimum Gasteiger partial charge on any atom is -0.478 e. The summed E-state index contributed by atoms with van der Waals surface area (Å²) in [6, 6.07) is 4.23. The van der Waals surface area contributed by atoms with Crippen molar-refractivity contribution in [3.8, 4) is 5.88 Å². The van der Waals surface area contributed by atoms with Gasteiger partial charge in [0.05, 0.1) is 6.61 Å². The normalized spacial score (nSPS) is 21.8. The van der Waals surface area contributed by atoms with Crippen LogP contribution in [-0.2, 0) is 11.3 Å².